The van der Waals surface area contributed by atoms with Gasteiger partial charge in [-0.2, -0.15) is 0 Å². The highest BCUT2D eigenvalue weighted by Crippen LogP contribution is 2.28. The molecule has 2 fully saturated rings. The number of ketones is 1. The topological polar surface area (TPSA) is 98.7 Å². The molecule has 3 aromatic rings. The van der Waals surface area contributed by atoms with Crippen LogP contribution in [0.15, 0.2) is 46.9 Å². The lowest BCUT2D eigenvalue weighted by Crippen LogP contribution is -2.63. The van der Waals surface area contributed by atoms with Gasteiger partial charge in [0.15, 0.2) is 11.4 Å². The first kappa shape index (κ1) is 23.0. The number of Topliss-reactive ketones (excluding diaryl/α,β-unsaturated/α-hetero) is 1. The molecule has 0 saturated carbocycles. The molecule has 2 aromatic carbocycles. The van der Waals surface area contributed by atoms with Crippen LogP contribution in [0.5, 0.6) is 0 Å². The van der Waals surface area contributed by atoms with E-state index in [0.717, 1.165) is 43.3 Å². The molecule has 2 saturated heterocycles. The Bertz CT molecular complexity index is 1200. The van der Waals surface area contributed by atoms with Crippen molar-refractivity contribution < 1.29 is 18.7 Å². The van der Waals surface area contributed by atoms with Crippen LogP contribution in [-0.2, 0) is 9.53 Å². The first-order chi connectivity index (χ1) is 16.4. The molecule has 0 bridgehead atoms. The standard InChI is InChI=1S/C26H28ClN3O4/c27-20-8-9-21-22(14-20)34-24(29-21)18-4-6-19(7-5-18)25(32)30-11-2-1-3-17(10-12-30)13-23(31)26(28)15-33-16-26/h4-9,14,17H,1-3,10-13,15-16,28H2. The number of amides is 1. The van der Waals surface area contributed by atoms with E-state index in [2.05, 4.69) is 4.98 Å². The lowest BCUT2D eigenvalue weighted by molar-refractivity contribution is -0.142. The maximum Gasteiger partial charge on any atom is 0.253 e. The van der Waals surface area contributed by atoms with E-state index in [1.54, 1.807) is 12.1 Å². The van der Waals surface area contributed by atoms with Gasteiger partial charge in [0.25, 0.3) is 5.91 Å². The number of hydrogen-bond acceptors (Lipinski definition) is 6. The number of nitrogens with zero attached hydrogens (tertiary/aromatic N) is 2. The fourth-order valence-corrected chi connectivity index (χ4v) is 4.81. The van der Waals surface area contributed by atoms with Crippen molar-refractivity contribution in [2.45, 2.75) is 37.6 Å². The monoisotopic (exact) mass is 481 g/mol. The summed E-state index contributed by atoms with van der Waals surface area (Å²) in [5.41, 5.74) is 8.09. The molecule has 0 spiro atoms. The van der Waals surface area contributed by atoms with Crippen LogP contribution in [0.3, 0.4) is 0 Å². The predicted molar refractivity (Wildman–Crippen MR) is 130 cm³/mol. The van der Waals surface area contributed by atoms with Crippen LogP contribution in [0.2, 0.25) is 5.02 Å². The minimum Gasteiger partial charge on any atom is -0.436 e. The zero-order valence-corrected chi connectivity index (χ0v) is 19.7. The fraction of sp³-hybridized carbons (Fsp3) is 0.423. The van der Waals surface area contributed by atoms with Crippen molar-refractivity contribution in [2.75, 3.05) is 26.3 Å². The molecule has 1 atom stereocenters. The van der Waals surface area contributed by atoms with Crippen molar-refractivity contribution in [1.82, 2.24) is 9.88 Å². The zero-order chi connectivity index (χ0) is 23.7. The number of halogens is 1. The zero-order valence-electron chi connectivity index (χ0n) is 19.0. The Labute approximate surface area is 203 Å². The van der Waals surface area contributed by atoms with Gasteiger partial charge in [-0.15, -0.1) is 0 Å². The number of fused-ring (bicyclic) bond motifs is 1. The Hall–Kier alpha value is -2.74. The van der Waals surface area contributed by atoms with Crippen LogP contribution in [0.25, 0.3) is 22.6 Å². The van der Waals surface area contributed by atoms with Crippen LogP contribution in [-0.4, -0.2) is 53.4 Å². The van der Waals surface area contributed by atoms with Crippen LogP contribution < -0.4 is 5.73 Å². The molecule has 7 nitrogen and oxygen atoms in total. The molecule has 3 heterocycles. The molecule has 0 aliphatic carbocycles. The van der Waals surface area contributed by atoms with E-state index in [4.69, 9.17) is 26.5 Å². The van der Waals surface area contributed by atoms with Crippen molar-refractivity contribution in [3.8, 4) is 11.5 Å². The third-order valence-corrected chi connectivity index (χ3v) is 7.10. The molecule has 5 rings (SSSR count). The van der Waals surface area contributed by atoms with Gasteiger partial charge in [0.1, 0.15) is 11.1 Å². The molecule has 2 aliphatic rings. The summed E-state index contributed by atoms with van der Waals surface area (Å²) in [6.07, 6.45) is 4.19. The van der Waals surface area contributed by atoms with Crippen LogP contribution in [0, 0.1) is 5.92 Å². The number of carbonyl (C=O) groups excluding carboxylic acids is 2. The molecule has 8 heteroatoms. The third kappa shape index (κ3) is 4.73. The minimum atomic E-state index is -0.805. The third-order valence-electron chi connectivity index (χ3n) is 6.86. The van der Waals surface area contributed by atoms with Crippen LogP contribution in [0.4, 0.5) is 0 Å². The van der Waals surface area contributed by atoms with Gasteiger partial charge in [-0.1, -0.05) is 18.0 Å². The van der Waals surface area contributed by atoms with E-state index in [1.165, 1.54) is 0 Å². The normalized spacial score (nSPS) is 20.4. The van der Waals surface area contributed by atoms with Gasteiger partial charge in [0.2, 0.25) is 5.89 Å². The van der Waals surface area contributed by atoms with Gasteiger partial charge in [-0.25, -0.2) is 4.98 Å². The van der Waals surface area contributed by atoms with E-state index >= 15 is 0 Å². The average molecular weight is 482 g/mol. The highest BCUT2D eigenvalue weighted by atomic mass is 35.5. The smallest absolute Gasteiger partial charge is 0.253 e. The van der Waals surface area contributed by atoms with Crippen LogP contribution >= 0.6 is 11.6 Å². The maximum atomic E-state index is 13.2. The summed E-state index contributed by atoms with van der Waals surface area (Å²) in [7, 11) is 0. The molecule has 2 aliphatic heterocycles. The molecule has 34 heavy (non-hydrogen) atoms. The summed E-state index contributed by atoms with van der Waals surface area (Å²) in [6.45, 7) is 1.99. The van der Waals surface area contributed by atoms with Crippen molar-refractivity contribution in [2.24, 2.45) is 11.7 Å². The summed E-state index contributed by atoms with van der Waals surface area (Å²) in [5.74, 6) is 0.827. The largest absolute Gasteiger partial charge is 0.436 e. The Morgan fingerprint density at radius 2 is 1.88 bits per heavy atom. The molecule has 2 N–H and O–H groups in total. The summed E-state index contributed by atoms with van der Waals surface area (Å²) in [5, 5.41) is 0.593. The molecular formula is C26H28ClN3O4. The molecule has 1 amide bonds. The first-order valence-electron chi connectivity index (χ1n) is 11.8. The SMILES string of the molecule is NC1(C(=O)CC2CCCCN(C(=O)c3ccc(-c4nc5ccc(Cl)cc5o4)cc3)CC2)COC1. The van der Waals surface area contributed by atoms with Crippen molar-refractivity contribution >= 4 is 34.4 Å². The number of aromatic nitrogens is 1. The number of benzene rings is 2. The minimum absolute atomic E-state index is 0.00515. The van der Waals surface area contributed by atoms with Crippen molar-refractivity contribution in [3.05, 3.63) is 53.1 Å². The second kappa shape index (κ2) is 9.49. The van der Waals surface area contributed by atoms with Crippen molar-refractivity contribution in [1.29, 1.82) is 0 Å². The van der Waals surface area contributed by atoms with Gasteiger partial charge in [-0.05, 0) is 61.6 Å². The summed E-state index contributed by atoms with van der Waals surface area (Å²) >= 11 is 6.03. The van der Waals surface area contributed by atoms with Gasteiger partial charge in [0, 0.05) is 41.7 Å². The predicted octanol–water partition coefficient (Wildman–Crippen LogP) is 4.47. The number of rotatable bonds is 5. The number of nitrogens with two attached hydrogens (primary N) is 1. The highest BCUT2D eigenvalue weighted by Gasteiger charge is 2.42. The Morgan fingerprint density at radius 1 is 1.09 bits per heavy atom. The lowest BCUT2D eigenvalue weighted by atomic mass is 9.83. The number of ether oxygens (including phenoxy) is 1. The second-order valence-electron chi connectivity index (χ2n) is 9.43. The number of likely N-dealkylation sites (tertiary alicyclic amines) is 1. The quantitative estimate of drug-likeness (QED) is 0.577. The van der Waals surface area contributed by atoms with Crippen molar-refractivity contribution in [3.63, 3.8) is 0 Å². The summed E-state index contributed by atoms with van der Waals surface area (Å²) in [6, 6.07) is 12.7. The fourth-order valence-electron chi connectivity index (χ4n) is 4.65. The summed E-state index contributed by atoms with van der Waals surface area (Å²) < 4.78 is 11.0. The maximum absolute atomic E-state index is 13.2. The van der Waals surface area contributed by atoms with E-state index in [1.807, 2.05) is 35.2 Å². The molecular weight excluding hydrogens is 454 g/mol. The first-order valence-corrected chi connectivity index (χ1v) is 12.1. The second-order valence-corrected chi connectivity index (χ2v) is 9.86. The molecule has 1 aromatic heterocycles. The Balaban J connectivity index is 1.23. The molecule has 1 unspecified atom stereocenters. The number of hydrogen-bond donors (Lipinski definition) is 1. The van der Waals surface area contributed by atoms with Gasteiger partial charge < -0.3 is 19.8 Å². The van der Waals surface area contributed by atoms with E-state index in [9.17, 15) is 9.59 Å². The van der Waals surface area contributed by atoms with E-state index in [-0.39, 0.29) is 17.6 Å². The summed E-state index contributed by atoms with van der Waals surface area (Å²) in [4.78, 5) is 32.2. The van der Waals surface area contributed by atoms with Gasteiger partial charge >= 0.3 is 0 Å². The highest BCUT2D eigenvalue weighted by molar-refractivity contribution is 6.31. The van der Waals surface area contributed by atoms with E-state index in [0.29, 0.717) is 48.2 Å². The van der Waals surface area contributed by atoms with E-state index < -0.39 is 5.54 Å². The lowest BCUT2D eigenvalue weighted by Gasteiger charge is -2.37. The average Bonchev–Trinajstić information content (AvgIpc) is 3.22. The number of carbonyl (C=O) groups is 2. The molecule has 0 radical (unpaired) electrons. The Kier molecular flexibility index (Phi) is 6.42. The van der Waals surface area contributed by atoms with Crippen LogP contribution in [0.1, 0.15) is 42.5 Å². The van der Waals surface area contributed by atoms with Gasteiger partial charge in [0.05, 0.1) is 13.2 Å². The molecule has 178 valence electrons. The van der Waals surface area contributed by atoms with Gasteiger partial charge in [-0.3, -0.25) is 9.59 Å². The number of oxazole rings is 1. The Morgan fingerprint density at radius 3 is 2.62 bits per heavy atom.